The summed E-state index contributed by atoms with van der Waals surface area (Å²) in [5.74, 6) is -0.672. The van der Waals surface area contributed by atoms with Crippen LogP contribution in [0.5, 0.6) is 0 Å². The third-order valence-corrected chi connectivity index (χ3v) is 6.94. The van der Waals surface area contributed by atoms with Crippen LogP contribution in [0.3, 0.4) is 0 Å². The van der Waals surface area contributed by atoms with Crippen LogP contribution in [0.15, 0.2) is 24.8 Å². The van der Waals surface area contributed by atoms with Gasteiger partial charge in [0.25, 0.3) is 0 Å². The van der Waals surface area contributed by atoms with Gasteiger partial charge >= 0.3 is 6.09 Å². The molecular formula is C21H27NO5. The van der Waals surface area contributed by atoms with Gasteiger partial charge in [-0.1, -0.05) is 19.1 Å². The number of carbonyl (C=O) groups excluding carboxylic acids is 3. The highest BCUT2D eigenvalue weighted by atomic mass is 16.6. The van der Waals surface area contributed by atoms with Crippen LogP contribution < -0.4 is 0 Å². The lowest BCUT2D eigenvalue weighted by molar-refractivity contribution is -0.144. The monoisotopic (exact) mass is 373 g/mol. The number of likely N-dealkylation sites (tertiary alicyclic amines) is 1. The molecule has 1 unspecified atom stereocenters. The molecule has 1 saturated carbocycles. The van der Waals surface area contributed by atoms with Crippen LogP contribution in [-0.4, -0.2) is 40.1 Å². The molecule has 1 spiro atoms. The van der Waals surface area contributed by atoms with Gasteiger partial charge in [0.1, 0.15) is 11.4 Å². The number of amides is 2. The first-order chi connectivity index (χ1) is 12.5. The number of ketones is 1. The van der Waals surface area contributed by atoms with Crippen LogP contribution in [0.4, 0.5) is 4.79 Å². The molecule has 27 heavy (non-hydrogen) atoms. The molecule has 6 heteroatoms. The van der Waals surface area contributed by atoms with Crippen molar-refractivity contribution in [1.29, 1.82) is 0 Å². The van der Waals surface area contributed by atoms with Crippen molar-refractivity contribution in [3.8, 4) is 0 Å². The summed E-state index contributed by atoms with van der Waals surface area (Å²) in [6, 6.07) is 0. The number of fused-ring (bicyclic) bond motifs is 2. The van der Waals surface area contributed by atoms with Gasteiger partial charge < -0.3 is 9.47 Å². The summed E-state index contributed by atoms with van der Waals surface area (Å²) < 4.78 is 11.9. The number of hydrogen-bond donors (Lipinski definition) is 0. The Kier molecular flexibility index (Phi) is 3.62. The van der Waals surface area contributed by atoms with Crippen molar-refractivity contribution in [2.45, 2.75) is 70.8 Å². The summed E-state index contributed by atoms with van der Waals surface area (Å²) in [5, 5.41) is 0. The Balaban J connectivity index is 1.91. The van der Waals surface area contributed by atoms with Crippen LogP contribution in [-0.2, 0) is 19.1 Å². The van der Waals surface area contributed by atoms with Crippen molar-refractivity contribution < 1.29 is 23.9 Å². The van der Waals surface area contributed by atoms with E-state index in [-0.39, 0.29) is 11.7 Å². The van der Waals surface area contributed by atoms with Crippen molar-refractivity contribution in [2.75, 3.05) is 0 Å². The highest BCUT2D eigenvalue weighted by Crippen LogP contribution is 2.73. The van der Waals surface area contributed by atoms with Crippen molar-refractivity contribution in [3.05, 3.63) is 24.8 Å². The van der Waals surface area contributed by atoms with Gasteiger partial charge in [-0.2, -0.15) is 0 Å². The van der Waals surface area contributed by atoms with Gasteiger partial charge in [-0.25, -0.2) is 9.69 Å². The average molecular weight is 373 g/mol. The Morgan fingerprint density at radius 2 is 2.15 bits per heavy atom. The maximum Gasteiger partial charge on any atom is 0.419 e. The molecule has 0 aromatic rings. The van der Waals surface area contributed by atoms with Crippen molar-refractivity contribution in [1.82, 2.24) is 4.90 Å². The smallest absolute Gasteiger partial charge is 0.419 e. The fraction of sp³-hybridized carbons (Fsp3) is 0.667. The molecule has 5 atom stereocenters. The van der Waals surface area contributed by atoms with E-state index < -0.39 is 40.3 Å². The summed E-state index contributed by atoms with van der Waals surface area (Å²) in [4.78, 5) is 40.9. The Bertz CT molecular complexity index is 780. The van der Waals surface area contributed by atoms with Crippen molar-refractivity contribution in [3.63, 3.8) is 0 Å². The lowest BCUT2D eigenvalue weighted by atomic mass is 9.51. The molecule has 6 nitrogen and oxygen atoms in total. The number of rotatable bonds is 2. The minimum atomic E-state index is -1.27. The van der Waals surface area contributed by atoms with Gasteiger partial charge in [-0.3, -0.25) is 9.59 Å². The Morgan fingerprint density at radius 1 is 1.44 bits per heavy atom. The molecule has 146 valence electrons. The number of hydrogen-bond acceptors (Lipinski definition) is 5. The van der Waals surface area contributed by atoms with Crippen molar-refractivity contribution in [2.24, 2.45) is 16.7 Å². The lowest BCUT2D eigenvalue weighted by Gasteiger charge is -2.48. The van der Waals surface area contributed by atoms with E-state index in [1.54, 1.807) is 32.9 Å². The molecule has 2 bridgehead atoms. The van der Waals surface area contributed by atoms with E-state index >= 15 is 0 Å². The normalized spacial score (nSPS) is 42.3. The summed E-state index contributed by atoms with van der Waals surface area (Å²) in [6.07, 6.45) is 6.22. The number of allylic oxidation sites excluding steroid dienone is 1. The molecule has 4 aliphatic rings. The van der Waals surface area contributed by atoms with Gasteiger partial charge in [-0.05, 0) is 46.1 Å². The Hall–Kier alpha value is -1.95. The topological polar surface area (TPSA) is 72.9 Å². The Morgan fingerprint density at radius 3 is 2.78 bits per heavy atom. The zero-order valence-electron chi connectivity index (χ0n) is 16.4. The molecule has 0 aromatic heterocycles. The molecule has 3 heterocycles. The number of imide groups is 1. The second-order valence-electron chi connectivity index (χ2n) is 9.28. The lowest BCUT2D eigenvalue weighted by Crippen LogP contribution is -2.59. The quantitative estimate of drug-likeness (QED) is 0.694. The highest BCUT2D eigenvalue weighted by molar-refractivity contribution is 6.01. The zero-order chi connectivity index (χ0) is 19.8. The molecule has 0 aromatic carbocycles. The molecule has 1 aliphatic carbocycles. The maximum atomic E-state index is 13.4. The maximum absolute atomic E-state index is 13.4. The molecule has 4 rings (SSSR count). The SMILES string of the molecule is C=CC[C@]12C(=O)CCCC3C(=O)N(C(=O)OC(C)(C)C)[C@@]4(C=C[C@@H]1O4)[C@@]32C. The third-order valence-electron chi connectivity index (χ3n) is 6.94. The van der Waals surface area contributed by atoms with E-state index in [0.717, 1.165) is 4.90 Å². The van der Waals surface area contributed by atoms with Gasteiger partial charge in [-0.15, -0.1) is 6.58 Å². The number of ether oxygens (including phenoxy) is 2. The van der Waals surface area contributed by atoms with Crippen LogP contribution in [0.25, 0.3) is 0 Å². The number of Topliss-reactive ketones (excluding diaryl/α,β-unsaturated/α-hetero) is 1. The molecule has 0 radical (unpaired) electrons. The van der Waals surface area contributed by atoms with Gasteiger partial charge in [0.2, 0.25) is 5.91 Å². The third kappa shape index (κ3) is 1.92. The summed E-state index contributed by atoms with van der Waals surface area (Å²) in [6.45, 7) is 11.1. The molecule has 2 saturated heterocycles. The summed E-state index contributed by atoms with van der Waals surface area (Å²) in [7, 11) is 0. The van der Waals surface area contributed by atoms with Crippen molar-refractivity contribution >= 4 is 17.8 Å². The van der Waals surface area contributed by atoms with Gasteiger partial charge in [0.05, 0.1) is 17.4 Å². The van der Waals surface area contributed by atoms with E-state index in [1.807, 2.05) is 13.0 Å². The second kappa shape index (κ2) is 5.31. The molecular weight excluding hydrogens is 346 g/mol. The predicted molar refractivity (Wildman–Crippen MR) is 97.5 cm³/mol. The van der Waals surface area contributed by atoms with Crippen LogP contribution in [0.1, 0.15) is 53.4 Å². The summed E-state index contributed by atoms with van der Waals surface area (Å²) in [5.41, 5.74) is -3.73. The van der Waals surface area contributed by atoms with E-state index in [1.165, 1.54) is 0 Å². The number of nitrogens with zero attached hydrogens (tertiary/aromatic N) is 1. The predicted octanol–water partition coefficient (Wildman–Crippen LogP) is 3.37. The minimum absolute atomic E-state index is 0.0995. The largest absolute Gasteiger partial charge is 0.443 e. The van der Waals surface area contributed by atoms with E-state index in [2.05, 4.69) is 6.58 Å². The first kappa shape index (κ1) is 18.4. The van der Waals surface area contributed by atoms with E-state index in [9.17, 15) is 14.4 Å². The fourth-order valence-electron chi connectivity index (χ4n) is 5.91. The number of carbonyl (C=O) groups is 3. The average Bonchev–Trinajstić information content (AvgIpc) is 3.09. The minimum Gasteiger partial charge on any atom is -0.443 e. The van der Waals surface area contributed by atoms with E-state index in [0.29, 0.717) is 25.7 Å². The fourth-order valence-corrected chi connectivity index (χ4v) is 5.91. The van der Waals surface area contributed by atoms with Gasteiger partial charge in [0, 0.05) is 11.8 Å². The Labute approximate surface area is 159 Å². The molecule has 3 aliphatic heterocycles. The van der Waals surface area contributed by atoms with Crippen LogP contribution in [0, 0.1) is 16.7 Å². The molecule has 2 amide bonds. The standard InChI is InChI=1S/C21H27NO5/c1-6-11-20-14(23)9-7-8-13-16(24)22(17(25)27-18(2,3)4)21(19(13,20)5)12-10-15(20)26-21/h6,10,12-13,15H,1,7-9,11H2,2-5H3/t13?,15-,19-,20-,21+/m0/s1. The van der Waals surface area contributed by atoms with Crippen LogP contribution in [0.2, 0.25) is 0 Å². The van der Waals surface area contributed by atoms with Crippen LogP contribution >= 0.6 is 0 Å². The van der Waals surface area contributed by atoms with E-state index in [4.69, 9.17) is 9.47 Å². The zero-order valence-corrected chi connectivity index (χ0v) is 16.4. The molecule has 0 N–H and O–H groups in total. The first-order valence-corrected chi connectivity index (χ1v) is 9.63. The summed E-state index contributed by atoms with van der Waals surface area (Å²) >= 11 is 0. The second-order valence-corrected chi connectivity index (χ2v) is 9.28. The molecule has 3 fully saturated rings. The first-order valence-electron chi connectivity index (χ1n) is 9.63. The van der Waals surface area contributed by atoms with Gasteiger partial charge in [0.15, 0.2) is 5.72 Å². The highest BCUT2D eigenvalue weighted by Gasteiger charge is 2.84.